The Morgan fingerprint density at radius 3 is 2.85 bits per heavy atom. The summed E-state index contributed by atoms with van der Waals surface area (Å²) < 4.78 is 3.72. The van der Waals surface area contributed by atoms with E-state index < -0.39 is 0 Å². The molecule has 0 saturated heterocycles. The average molecular weight is 271 g/mol. The molecule has 0 unspecified atom stereocenters. The topological polar surface area (TPSA) is 72.1 Å². The van der Waals surface area contributed by atoms with Gasteiger partial charge in [0.2, 0.25) is 0 Å². The lowest BCUT2D eigenvalue weighted by atomic mass is 10.4. The first-order valence-corrected chi connectivity index (χ1v) is 6.52. The van der Waals surface area contributed by atoms with Crippen LogP contribution in [-0.2, 0) is 7.05 Å². The van der Waals surface area contributed by atoms with Crippen LogP contribution in [0.2, 0.25) is 0 Å². The van der Waals surface area contributed by atoms with Crippen molar-refractivity contribution in [1.29, 1.82) is 0 Å². The van der Waals surface area contributed by atoms with Gasteiger partial charge in [-0.25, -0.2) is 9.97 Å². The second-order valence-electron chi connectivity index (χ2n) is 4.59. The summed E-state index contributed by atoms with van der Waals surface area (Å²) >= 11 is 0. The molecule has 3 aromatic heterocycles. The highest BCUT2D eigenvalue weighted by Crippen LogP contribution is 2.22. The predicted molar refractivity (Wildman–Crippen MR) is 78.4 cm³/mol. The highest BCUT2D eigenvalue weighted by molar-refractivity contribution is 5.72. The molecule has 0 aliphatic carbocycles. The van der Waals surface area contributed by atoms with E-state index in [2.05, 4.69) is 25.7 Å². The van der Waals surface area contributed by atoms with Crippen LogP contribution in [0.4, 0.5) is 17.3 Å². The van der Waals surface area contributed by atoms with Crippen LogP contribution in [0.25, 0.3) is 5.65 Å². The normalized spacial score (nSPS) is 10.9. The first-order valence-electron chi connectivity index (χ1n) is 6.52. The summed E-state index contributed by atoms with van der Waals surface area (Å²) in [4.78, 5) is 8.90. The number of hydrogen-bond donors (Lipinski definition) is 2. The molecule has 0 aliphatic heterocycles. The van der Waals surface area contributed by atoms with Crippen molar-refractivity contribution in [3.63, 3.8) is 0 Å². The largest absolute Gasteiger partial charge is 0.369 e. The molecule has 0 amide bonds. The van der Waals surface area contributed by atoms with Crippen molar-refractivity contribution in [3.8, 4) is 0 Å². The lowest BCUT2D eigenvalue weighted by Crippen LogP contribution is -2.05. The van der Waals surface area contributed by atoms with E-state index in [1.54, 1.807) is 10.9 Å². The van der Waals surface area contributed by atoms with Crippen molar-refractivity contribution in [1.82, 2.24) is 24.1 Å². The van der Waals surface area contributed by atoms with Crippen LogP contribution >= 0.6 is 0 Å². The summed E-state index contributed by atoms with van der Waals surface area (Å²) in [7, 11) is 1.89. The van der Waals surface area contributed by atoms with Gasteiger partial charge in [0, 0.05) is 32.2 Å². The molecule has 0 fully saturated rings. The van der Waals surface area contributed by atoms with E-state index in [4.69, 9.17) is 0 Å². The number of nitrogens with zero attached hydrogens (tertiary/aromatic N) is 5. The van der Waals surface area contributed by atoms with Crippen molar-refractivity contribution in [2.24, 2.45) is 7.05 Å². The van der Waals surface area contributed by atoms with Crippen LogP contribution in [0.3, 0.4) is 0 Å². The van der Waals surface area contributed by atoms with Gasteiger partial charge in [-0.15, -0.1) is 0 Å². The van der Waals surface area contributed by atoms with Crippen LogP contribution in [0.15, 0.2) is 24.8 Å². The third-order valence-corrected chi connectivity index (χ3v) is 3.00. The van der Waals surface area contributed by atoms with Crippen LogP contribution in [0.1, 0.15) is 12.6 Å². The van der Waals surface area contributed by atoms with Gasteiger partial charge in [-0.3, -0.25) is 4.68 Å². The van der Waals surface area contributed by atoms with Crippen molar-refractivity contribution >= 4 is 23.0 Å². The first kappa shape index (κ1) is 12.5. The minimum absolute atomic E-state index is 0.713. The fourth-order valence-electron chi connectivity index (χ4n) is 2.13. The summed E-state index contributed by atoms with van der Waals surface area (Å²) in [6.07, 6.45) is 7.51. The molecule has 0 radical (unpaired) electrons. The van der Waals surface area contributed by atoms with Crippen LogP contribution in [0.5, 0.6) is 0 Å². The summed E-state index contributed by atoms with van der Waals surface area (Å²) in [5.41, 5.74) is 2.64. The maximum absolute atomic E-state index is 4.57. The van der Waals surface area contributed by atoms with E-state index in [9.17, 15) is 0 Å². The third-order valence-electron chi connectivity index (χ3n) is 3.00. The van der Waals surface area contributed by atoms with Gasteiger partial charge in [0.05, 0.1) is 17.6 Å². The summed E-state index contributed by atoms with van der Waals surface area (Å²) in [5, 5.41) is 10.8. The zero-order chi connectivity index (χ0) is 14.1. The molecule has 0 spiro atoms. The second kappa shape index (κ2) is 4.84. The first-order chi connectivity index (χ1) is 9.67. The third kappa shape index (κ3) is 2.18. The number of nitrogens with one attached hydrogen (secondary N) is 2. The Bertz CT molecular complexity index is 740. The average Bonchev–Trinajstić information content (AvgIpc) is 2.97. The number of anilines is 3. The summed E-state index contributed by atoms with van der Waals surface area (Å²) in [5.74, 6) is 1.52. The molecule has 3 heterocycles. The maximum atomic E-state index is 4.57. The Morgan fingerprint density at radius 1 is 1.30 bits per heavy atom. The van der Waals surface area contributed by atoms with Gasteiger partial charge in [-0.2, -0.15) is 5.10 Å². The van der Waals surface area contributed by atoms with Crippen molar-refractivity contribution in [3.05, 3.63) is 30.5 Å². The number of imidazole rings is 1. The molecule has 7 nitrogen and oxygen atoms in total. The Kier molecular flexibility index (Phi) is 3.02. The van der Waals surface area contributed by atoms with E-state index in [-0.39, 0.29) is 0 Å². The molecule has 0 aromatic carbocycles. The minimum atomic E-state index is 0.713. The maximum Gasteiger partial charge on any atom is 0.180 e. The van der Waals surface area contributed by atoms with Crippen molar-refractivity contribution < 1.29 is 0 Å². The fourth-order valence-corrected chi connectivity index (χ4v) is 2.13. The van der Waals surface area contributed by atoms with Gasteiger partial charge in [-0.05, 0) is 13.8 Å². The minimum Gasteiger partial charge on any atom is -0.369 e. The summed E-state index contributed by atoms with van der Waals surface area (Å²) in [6.45, 7) is 4.82. The second-order valence-corrected chi connectivity index (χ2v) is 4.59. The monoisotopic (exact) mass is 271 g/mol. The van der Waals surface area contributed by atoms with E-state index >= 15 is 0 Å². The Hall–Kier alpha value is -2.57. The van der Waals surface area contributed by atoms with Crippen LogP contribution < -0.4 is 10.6 Å². The van der Waals surface area contributed by atoms with Gasteiger partial charge in [0.25, 0.3) is 0 Å². The molecule has 2 N–H and O–H groups in total. The van der Waals surface area contributed by atoms with E-state index in [0.717, 1.165) is 29.4 Å². The molecule has 3 aromatic rings. The van der Waals surface area contributed by atoms with Gasteiger partial charge in [0.15, 0.2) is 11.5 Å². The van der Waals surface area contributed by atoms with Crippen LogP contribution in [0, 0.1) is 6.92 Å². The Labute approximate surface area is 116 Å². The number of aryl methyl sites for hydroxylation is 2. The molecule has 0 aliphatic rings. The smallest absolute Gasteiger partial charge is 0.180 e. The highest BCUT2D eigenvalue weighted by atomic mass is 15.3. The molecule has 0 bridgehead atoms. The zero-order valence-corrected chi connectivity index (χ0v) is 11.8. The lowest BCUT2D eigenvalue weighted by Gasteiger charge is -2.09. The zero-order valence-electron chi connectivity index (χ0n) is 11.8. The number of hydrogen-bond acceptors (Lipinski definition) is 5. The Balaban J connectivity index is 2.05. The Morgan fingerprint density at radius 2 is 2.15 bits per heavy atom. The fraction of sp³-hybridized carbons (Fsp3) is 0.308. The molecule has 104 valence electrons. The lowest BCUT2D eigenvalue weighted by molar-refractivity contribution is 0.756. The van der Waals surface area contributed by atoms with Crippen molar-refractivity contribution in [2.45, 2.75) is 13.8 Å². The predicted octanol–water partition coefficient (Wildman–Crippen LogP) is 1.95. The van der Waals surface area contributed by atoms with Gasteiger partial charge >= 0.3 is 0 Å². The van der Waals surface area contributed by atoms with Gasteiger partial charge < -0.3 is 15.0 Å². The molecular weight excluding hydrogens is 254 g/mol. The molecule has 3 rings (SSSR count). The number of fused-ring (bicyclic) bond motifs is 1. The van der Waals surface area contributed by atoms with Crippen molar-refractivity contribution in [2.75, 3.05) is 17.2 Å². The van der Waals surface area contributed by atoms with Gasteiger partial charge in [-0.1, -0.05) is 0 Å². The SMILES string of the molecule is CCNc1cn2ccnc2c(Nc2cn(C)nc2C)n1. The summed E-state index contributed by atoms with van der Waals surface area (Å²) in [6, 6.07) is 0. The van der Waals surface area contributed by atoms with E-state index in [0.29, 0.717) is 5.82 Å². The van der Waals surface area contributed by atoms with Crippen LogP contribution in [-0.4, -0.2) is 30.7 Å². The highest BCUT2D eigenvalue weighted by Gasteiger charge is 2.10. The van der Waals surface area contributed by atoms with Gasteiger partial charge in [0.1, 0.15) is 5.82 Å². The van der Waals surface area contributed by atoms with E-state index in [1.807, 2.05) is 43.9 Å². The molecule has 7 heteroatoms. The molecule has 0 atom stereocenters. The molecule has 0 saturated carbocycles. The molecule has 20 heavy (non-hydrogen) atoms. The van der Waals surface area contributed by atoms with E-state index in [1.165, 1.54) is 0 Å². The number of aromatic nitrogens is 5. The standard InChI is InChI=1S/C13H17N7/c1-4-14-11-8-20-6-5-15-13(20)12(17-11)16-10-7-19(3)18-9(10)2/h5-8,14H,4H2,1-3H3,(H,16,17). The number of rotatable bonds is 4. The molecular formula is C13H17N7. The quantitative estimate of drug-likeness (QED) is 0.759.